The molecular weight excluding hydrogens is 152 g/mol. The second-order valence-electron chi connectivity index (χ2n) is 1.78. The van der Waals surface area contributed by atoms with Crippen LogP contribution in [0.4, 0.5) is 0 Å². The molecule has 0 aliphatic heterocycles. The van der Waals surface area contributed by atoms with Crippen LogP contribution < -0.4 is 0 Å². The van der Waals surface area contributed by atoms with Crippen molar-refractivity contribution in [3.63, 3.8) is 0 Å². The van der Waals surface area contributed by atoms with Crippen molar-refractivity contribution in [2.45, 2.75) is 0 Å². The van der Waals surface area contributed by atoms with Crippen molar-refractivity contribution in [3.8, 4) is 0 Å². The van der Waals surface area contributed by atoms with Crippen LogP contribution in [0.5, 0.6) is 0 Å². The van der Waals surface area contributed by atoms with Crippen molar-refractivity contribution >= 4 is 34.6 Å². The van der Waals surface area contributed by atoms with E-state index in [1.807, 2.05) is 10.8 Å². The van der Waals surface area contributed by atoms with Crippen molar-refractivity contribution in [1.29, 1.82) is 0 Å². The number of aromatic nitrogens is 2. The molecule has 2 heterocycles. The van der Waals surface area contributed by atoms with Gasteiger partial charge in [-0.25, -0.2) is 0 Å². The number of hydrogen-bond donors (Lipinski definition) is 2. The van der Waals surface area contributed by atoms with Crippen molar-refractivity contribution in [1.82, 2.24) is 9.97 Å². The molecule has 2 nitrogen and oxygen atoms in total. The van der Waals surface area contributed by atoms with Crippen molar-refractivity contribution < 1.29 is 0 Å². The van der Waals surface area contributed by atoms with Crippen LogP contribution >= 0.6 is 23.6 Å². The molecule has 0 aliphatic rings. The van der Waals surface area contributed by atoms with Crippen LogP contribution in [0.1, 0.15) is 0 Å². The van der Waals surface area contributed by atoms with Gasteiger partial charge in [0.1, 0.15) is 0 Å². The molecule has 0 spiro atoms. The molecular formula is C5H4N2S2. The molecule has 46 valence electrons. The third-order valence-corrected chi connectivity index (χ3v) is 2.11. The number of nitrogens with one attached hydrogen (secondary N) is 2. The summed E-state index contributed by atoms with van der Waals surface area (Å²) in [5.74, 6) is 0. The highest BCUT2D eigenvalue weighted by Gasteiger charge is 1.92. The zero-order valence-electron chi connectivity index (χ0n) is 4.47. The highest BCUT2D eigenvalue weighted by molar-refractivity contribution is 7.71. The summed E-state index contributed by atoms with van der Waals surface area (Å²) in [4.78, 5) is 6.02. The number of thiophene rings is 1. The Balaban J connectivity index is 3.08. The standard InChI is InChI=1S/C5H4N2S2/c8-5-6-3-1-9-2-4(3)7-5/h1-2H,(H2,6,7,8). The lowest BCUT2D eigenvalue weighted by Crippen LogP contribution is -1.57. The number of H-pyrrole nitrogens is 2. The molecule has 2 aromatic heterocycles. The van der Waals surface area contributed by atoms with Gasteiger partial charge in [0.25, 0.3) is 0 Å². The lowest BCUT2D eigenvalue weighted by atomic mass is 10.5. The van der Waals surface area contributed by atoms with Crippen LogP contribution in [-0.4, -0.2) is 9.97 Å². The van der Waals surface area contributed by atoms with Gasteiger partial charge in [-0.1, -0.05) is 0 Å². The maximum absolute atomic E-state index is 4.86. The largest absolute Gasteiger partial charge is 0.330 e. The molecule has 4 heteroatoms. The molecule has 0 aliphatic carbocycles. The van der Waals surface area contributed by atoms with E-state index >= 15 is 0 Å². The monoisotopic (exact) mass is 156 g/mol. The minimum absolute atomic E-state index is 0.702. The fourth-order valence-electron chi connectivity index (χ4n) is 0.767. The molecule has 0 bridgehead atoms. The predicted octanol–water partition coefficient (Wildman–Crippen LogP) is 2.29. The topological polar surface area (TPSA) is 31.6 Å². The quantitative estimate of drug-likeness (QED) is 0.563. The molecule has 0 fully saturated rings. The average molecular weight is 156 g/mol. The van der Waals surface area contributed by atoms with E-state index in [-0.39, 0.29) is 0 Å². The Bertz CT molecular complexity index is 336. The Morgan fingerprint density at radius 1 is 1.22 bits per heavy atom. The Labute approximate surface area is 60.5 Å². The van der Waals surface area contributed by atoms with Gasteiger partial charge in [-0.3, -0.25) is 0 Å². The van der Waals surface area contributed by atoms with Crippen LogP contribution in [0.3, 0.4) is 0 Å². The number of fused-ring (bicyclic) bond motifs is 1. The number of aromatic amines is 2. The van der Waals surface area contributed by atoms with E-state index in [1.54, 1.807) is 11.3 Å². The lowest BCUT2D eigenvalue weighted by molar-refractivity contribution is 1.30. The third-order valence-electron chi connectivity index (χ3n) is 1.16. The zero-order valence-corrected chi connectivity index (χ0v) is 6.10. The number of rotatable bonds is 0. The second-order valence-corrected chi connectivity index (χ2v) is 2.93. The summed E-state index contributed by atoms with van der Waals surface area (Å²) in [6.45, 7) is 0. The van der Waals surface area contributed by atoms with Gasteiger partial charge in [0.05, 0.1) is 11.0 Å². The second kappa shape index (κ2) is 1.68. The van der Waals surface area contributed by atoms with E-state index in [9.17, 15) is 0 Å². The zero-order chi connectivity index (χ0) is 6.27. The summed E-state index contributed by atoms with van der Waals surface area (Å²) in [5.41, 5.74) is 2.20. The Kier molecular flexibility index (Phi) is 0.972. The van der Waals surface area contributed by atoms with Gasteiger partial charge in [-0.05, 0) is 12.2 Å². The Hall–Kier alpha value is -0.610. The van der Waals surface area contributed by atoms with Crippen LogP contribution in [0.2, 0.25) is 0 Å². The van der Waals surface area contributed by atoms with Crippen molar-refractivity contribution in [2.24, 2.45) is 0 Å². The van der Waals surface area contributed by atoms with Crippen LogP contribution in [-0.2, 0) is 0 Å². The Morgan fingerprint density at radius 2 is 1.78 bits per heavy atom. The number of imidazole rings is 1. The molecule has 0 aromatic carbocycles. The fraction of sp³-hybridized carbons (Fsp3) is 0. The molecule has 0 radical (unpaired) electrons. The van der Waals surface area contributed by atoms with Gasteiger partial charge < -0.3 is 9.97 Å². The van der Waals surface area contributed by atoms with Gasteiger partial charge >= 0.3 is 0 Å². The van der Waals surface area contributed by atoms with Gasteiger partial charge in [0, 0.05) is 10.8 Å². The predicted molar refractivity (Wildman–Crippen MR) is 41.4 cm³/mol. The molecule has 2 rings (SSSR count). The van der Waals surface area contributed by atoms with Gasteiger partial charge in [0.2, 0.25) is 0 Å². The van der Waals surface area contributed by atoms with E-state index in [4.69, 9.17) is 12.2 Å². The summed E-state index contributed by atoms with van der Waals surface area (Å²) < 4.78 is 0.702. The Morgan fingerprint density at radius 3 is 2.33 bits per heavy atom. The van der Waals surface area contributed by atoms with E-state index in [0.29, 0.717) is 4.77 Å². The lowest BCUT2D eigenvalue weighted by Gasteiger charge is -1.65. The third kappa shape index (κ3) is 0.710. The van der Waals surface area contributed by atoms with Crippen LogP contribution in [0.25, 0.3) is 11.0 Å². The first-order chi connectivity index (χ1) is 4.36. The summed E-state index contributed by atoms with van der Waals surface area (Å²) in [6, 6.07) is 0. The maximum atomic E-state index is 4.86. The van der Waals surface area contributed by atoms with Gasteiger partial charge in [-0.2, -0.15) is 0 Å². The molecule has 0 saturated heterocycles. The first-order valence-electron chi connectivity index (χ1n) is 2.50. The van der Waals surface area contributed by atoms with Gasteiger partial charge in [-0.15, -0.1) is 11.3 Å². The minimum Gasteiger partial charge on any atom is -0.330 e. The van der Waals surface area contributed by atoms with Crippen LogP contribution in [0.15, 0.2) is 10.8 Å². The van der Waals surface area contributed by atoms with E-state index in [2.05, 4.69) is 9.97 Å². The summed E-state index contributed by atoms with van der Waals surface area (Å²) in [6.07, 6.45) is 0. The number of hydrogen-bond acceptors (Lipinski definition) is 2. The smallest absolute Gasteiger partial charge is 0.175 e. The first-order valence-corrected chi connectivity index (χ1v) is 3.85. The summed E-state index contributed by atoms with van der Waals surface area (Å²) in [7, 11) is 0. The average Bonchev–Trinajstić information content (AvgIpc) is 2.22. The highest BCUT2D eigenvalue weighted by atomic mass is 32.1. The first kappa shape index (κ1) is 5.20. The molecule has 0 amide bonds. The highest BCUT2D eigenvalue weighted by Crippen LogP contribution is 2.13. The van der Waals surface area contributed by atoms with Gasteiger partial charge in [0.15, 0.2) is 4.77 Å². The maximum Gasteiger partial charge on any atom is 0.175 e. The van der Waals surface area contributed by atoms with Crippen molar-refractivity contribution in [2.75, 3.05) is 0 Å². The van der Waals surface area contributed by atoms with E-state index in [0.717, 1.165) is 11.0 Å². The normalized spacial score (nSPS) is 10.7. The molecule has 9 heavy (non-hydrogen) atoms. The summed E-state index contributed by atoms with van der Waals surface area (Å²) >= 11 is 6.52. The van der Waals surface area contributed by atoms with Crippen LogP contribution in [0, 0.1) is 4.77 Å². The minimum atomic E-state index is 0.702. The van der Waals surface area contributed by atoms with Crippen molar-refractivity contribution in [3.05, 3.63) is 15.5 Å². The van der Waals surface area contributed by atoms with E-state index < -0.39 is 0 Å². The molecule has 2 aromatic rings. The molecule has 0 unspecified atom stereocenters. The SMILES string of the molecule is S=c1[nH]c2cscc2[nH]1. The molecule has 0 atom stereocenters. The van der Waals surface area contributed by atoms with E-state index in [1.165, 1.54) is 0 Å². The summed E-state index contributed by atoms with van der Waals surface area (Å²) in [5, 5.41) is 4.06. The fourth-order valence-corrected chi connectivity index (χ4v) is 1.70. The molecule has 0 saturated carbocycles. The molecule has 2 N–H and O–H groups in total.